The molecule has 0 aromatic rings. The fourth-order valence-corrected chi connectivity index (χ4v) is 5.28. The van der Waals surface area contributed by atoms with Gasteiger partial charge in [0.2, 0.25) is 17.7 Å². The van der Waals surface area contributed by atoms with Crippen LogP contribution in [0.4, 0.5) is 0 Å². The first-order chi connectivity index (χ1) is 20.2. The molecule has 43 heavy (non-hydrogen) atoms. The van der Waals surface area contributed by atoms with Gasteiger partial charge in [0.25, 0.3) is 0 Å². The summed E-state index contributed by atoms with van der Waals surface area (Å²) in [4.78, 5) is 35.5. The van der Waals surface area contributed by atoms with Gasteiger partial charge in [0.1, 0.15) is 73.1 Å². The van der Waals surface area contributed by atoms with Crippen molar-refractivity contribution in [2.45, 2.75) is 113 Å². The Kier molecular flexibility index (Phi) is 12.5. The molecular formula is C24H41N3O16. The van der Waals surface area contributed by atoms with Crippen LogP contribution in [0.15, 0.2) is 0 Å². The van der Waals surface area contributed by atoms with Crippen LogP contribution in [-0.4, -0.2) is 170 Å². The van der Waals surface area contributed by atoms with Gasteiger partial charge >= 0.3 is 0 Å². The first kappa shape index (κ1) is 35.4. The van der Waals surface area contributed by atoms with Gasteiger partial charge in [0.15, 0.2) is 18.9 Å². The van der Waals surface area contributed by atoms with E-state index in [9.17, 15) is 55.2 Å². The molecule has 3 heterocycles. The molecule has 248 valence electrons. The Morgan fingerprint density at radius 1 is 0.558 bits per heavy atom. The second-order valence-electron chi connectivity index (χ2n) is 10.5. The van der Waals surface area contributed by atoms with Crippen molar-refractivity contribution in [1.29, 1.82) is 0 Å². The third kappa shape index (κ3) is 8.14. The van der Waals surface area contributed by atoms with Crippen molar-refractivity contribution in [2.75, 3.05) is 19.8 Å². The number of hydrogen-bond donors (Lipinski definition) is 11. The standard InChI is InChI=1S/C24H41N3O16/c1-7(31)25-13-18(36)20(11(5-29)39-22(13)38)42-24-15(27-9(3)33)19(37)21(12(6-30)41-24)43-23-14(26-8(2)32)17(35)16(34)10(4-28)40-23/h10-24,28-30,34-38H,4-6H2,1-3H3,(H,25,31)(H,26,32)(H,27,33)/t10-,11+,12+,13-,14+,15-,16-,17-,18-,19+,20-,21-,22-,23+,24+/m1/s1. The van der Waals surface area contributed by atoms with Crippen LogP contribution in [0, 0.1) is 0 Å². The third-order valence-corrected chi connectivity index (χ3v) is 7.30. The van der Waals surface area contributed by atoms with Gasteiger partial charge in [-0.15, -0.1) is 0 Å². The zero-order valence-corrected chi connectivity index (χ0v) is 23.6. The lowest BCUT2D eigenvalue weighted by Gasteiger charge is -2.49. The summed E-state index contributed by atoms with van der Waals surface area (Å²) in [5.74, 6) is -1.96. The van der Waals surface area contributed by atoms with Crippen LogP contribution < -0.4 is 16.0 Å². The van der Waals surface area contributed by atoms with Crippen LogP contribution >= 0.6 is 0 Å². The minimum absolute atomic E-state index is 0.628. The smallest absolute Gasteiger partial charge is 0.217 e. The van der Waals surface area contributed by atoms with E-state index in [-0.39, 0.29) is 0 Å². The average molecular weight is 628 g/mol. The van der Waals surface area contributed by atoms with Crippen molar-refractivity contribution in [3.05, 3.63) is 0 Å². The predicted molar refractivity (Wildman–Crippen MR) is 136 cm³/mol. The first-order valence-electron chi connectivity index (χ1n) is 13.5. The molecule has 19 nitrogen and oxygen atoms in total. The number of aliphatic hydroxyl groups is 8. The molecule has 0 radical (unpaired) electrons. The summed E-state index contributed by atoms with van der Waals surface area (Å²) < 4.78 is 28.3. The lowest BCUT2D eigenvalue weighted by atomic mass is 9.93. The molecule has 3 rings (SSSR count). The normalized spacial score (nSPS) is 43.5. The molecule has 0 saturated carbocycles. The van der Waals surface area contributed by atoms with Crippen LogP contribution in [0.2, 0.25) is 0 Å². The molecule has 0 aromatic heterocycles. The quantitative estimate of drug-likeness (QED) is 0.107. The van der Waals surface area contributed by atoms with E-state index < -0.39 is 129 Å². The summed E-state index contributed by atoms with van der Waals surface area (Å²) in [6.07, 6.45) is -19.0. The van der Waals surface area contributed by atoms with E-state index in [0.717, 1.165) is 20.8 Å². The van der Waals surface area contributed by atoms with Gasteiger partial charge in [-0.05, 0) is 0 Å². The fourth-order valence-electron chi connectivity index (χ4n) is 5.28. The molecular weight excluding hydrogens is 586 g/mol. The van der Waals surface area contributed by atoms with E-state index in [4.69, 9.17) is 23.7 Å². The molecule has 11 N–H and O–H groups in total. The molecule has 3 saturated heterocycles. The molecule has 3 amide bonds. The highest BCUT2D eigenvalue weighted by atomic mass is 16.7. The lowest BCUT2D eigenvalue weighted by Crippen LogP contribution is -2.71. The topological polar surface area (TPSA) is 295 Å². The molecule has 3 aliphatic rings. The van der Waals surface area contributed by atoms with Crippen LogP contribution in [0.25, 0.3) is 0 Å². The Morgan fingerprint density at radius 2 is 0.930 bits per heavy atom. The molecule has 3 aliphatic heterocycles. The summed E-state index contributed by atoms with van der Waals surface area (Å²) in [6, 6.07) is -4.31. The Hall–Kier alpha value is -2.11. The van der Waals surface area contributed by atoms with E-state index in [2.05, 4.69) is 16.0 Å². The van der Waals surface area contributed by atoms with E-state index in [1.165, 1.54) is 0 Å². The van der Waals surface area contributed by atoms with Crippen LogP contribution in [0.3, 0.4) is 0 Å². The van der Waals surface area contributed by atoms with Gasteiger partial charge in [-0.3, -0.25) is 14.4 Å². The Morgan fingerprint density at radius 3 is 1.37 bits per heavy atom. The number of amides is 3. The summed E-state index contributed by atoms with van der Waals surface area (Å²) in [6.45, 7) is 0.995. The van der Waals surface area contributed by atoms with Crippen molar-refractivity contribution in [2.24, 2.45) is 0 Å². The largest absolute Gasteiger partial charge is 0.394 e. The fraction of sp³-hybridized carbons (Fsp3) is 0.875. The van der Waals surface area contributed by atoms with Crippen molar-refractivity contribution >= 4 is 17.7 Å². The van der Waals surface area contributed by atoms with Gasteiger partial charge in [0, 0.05) is 20.8 Å². The highest BCUT2D eigenvalue weighted by Gasteiger charge is 2.54. The molecule has 19 heteroatoms. The summed E-state index contributed by atoms with van der Waals surface area (Å²) in [5.41, 5.74) is 0. The van der Waals surface area contributed by atoms with Gasteiger partial charge in [-0.2, -0.15) is 0 Å². The monoisotopic (exact) mass is 627 g/mol. The SMILES string of the molecule is CC(=O)N[C@@H]1[C@H](O[C@H]2[C@@H](O)[C@@H](NC(C)=O)[C@H](O[C@H]3[C@H](O)[C@@H](NC(C)=O)[C@H](O)O[C@H]3CO)O[C@H]2CO)O[C@H](CO)[C@@H](O)[C@@H]1O. The minimum Gasteiger partial charge on any atom is -0.394 e. The number of carbonyl (C=O) groups is 3. The van der Waals surface area contributed by atoms with Crippen molar-refractivity contribution in [1.82, 2.24) is 16.0 Å². The van der Waals surface area contributed by atoms with Crippen LogP contribution in [-0.2, 0) is 38.1 Å². The summed E-state index contributed by atoms with van der Waals surface area (Å²) in [5, 5.41) is 90.0. The van der Waals surface area contributed by atoms with E-state index in [0.29, 0.717) is 0 Å². The zero-order chi connectivity index (χ0) is 32.2. The molecule has 3 fully saturated rings. The summed E-state index contributed by atoms with van der Waals surface area (Å²) in [7, 11) is 0. The molecule has 15 atom stereocenters. The zero-order valence-electron chi connectivity index (χ0n) is 23.6. The van der Waals surface area contributed by atoms with Crippen molar-refractivity contribution < 1.29 is 78.9 Å². The average Bonchev–Trinajstić information content (AvgIpc) is 2.94. The highest BCUT2D eigenvalue weighted by molar-refractivity contribution is 5.74. The Labute approximate surface area is 245 Å². The second-order valence-corrected chi connectivity index (χ2v) is 10.5. The van der Waals surface area contributed by atoms with E-state index in [1.807, 2.05) is 0 Å². The highest BCUT2D eigenvalue weighted by Crippen LogP contribution is 2.32. The first-order valence-corrected chi connectivity index (χ1v) is 13.5. The Balaban J connectivity index is 1.89. The van der Waals surface area contributed by atoms with Crippen LogP contribution in [0.1, 0.15) is 20.8 Å². The maximum Gasteiger partial charge on any atom is 0.217 e. The number of rotatable bonds is 10. The van der Waals surface area contributed by atoms with Gasteiger partial charge in [0.05, 0.1) is 19.8 Å². The van der Waals surface area contributed by atoms with Gasteiger partial charge in [-0.1, -0.05) is 0 Å². The molecule has 0 aliphatic carbocycles. The number of hydrogen-bond acceptors (Lipinski definition) is 16. The predicted octanol–water partition coefficient (Wildman–Crippen LogP) is -7.14. The van der Waals surface area contributed by atoms with Crippen molar-refractivity contribution in [3.8, 4) is 0 Å². The van der Waals surface area contributed by atoms with E-state index in [1.54, 1.807) is 0 Å². The third-order valence-electron chi connectivity index (χ3n) is 7.30. The maximum atomic E-state index is 12.1. The molecule has 0 unspecified atom stereocenters. The van der Waals surface area contributed by atoms with Crippen molar-refractivity contribution in [3.63, 3.8) is 0 Å². The van der Waals surface area contributed by atoms with Gasteiger partial charge in [-0.25, -0.2) is 0 Å². The minimum atomic E-state index is -1.77. The molecule has 0 aromatic carbocycles. The maximum absolute atomic E-state index is 12.1. The van der Waals surface area contributed by atoms with Crippen LogP contribution in [0.5, 0.6) is 0 Å². The second kappa shape index (κ2) is 15.3. The van der Waals surface area contributed by atoms with Gasteiger partial charge < -0.3 is 80.5 Å². The number of nitrogens with one attached hydrogen (secondary N) is 3. The number of ether oxygens (including phenoxy) is 5. The van der Waals surface area contributed by atoms with E-state index >= 15 is 0 Å². The number of aliphatic hydroxyl groups excluding tert-OH is 8. The lowest BCUT2D eigenvalue weighted by molar-refractivity contribution is -0.351. The molecule has 0 spiro atoms. The Bertz CT molecular complexity index is 962. The summed E-state index contributed by atoms with van der Waals surface area (Å²) >= 11 is 0. The number of carbonyl (C=O) groups excluding carboxylic acids is 3. The molecule has 0 bridgehead atoms.